The van der Waals surface area contributed by atoms with Crippen LogP contribution in [0.4, 0.5) is 0 Å². The molecule has 4 heteroatoms. The molecule has 0 aromatic carbocycles. The third-order valence-electron chi connectivity index (χ3n) is 2.97. The maximum atomic E-state index is 6.00. The van der Waals surface area contributed by atoms with Crippen molar-refractivity contribution in [2.75, 3.05) is 0 Å². The highest BCUT2D eigenvalue weighted by Crippen LogP contribution is 2.42. The van der Waals surface area contributed by atoms with Crippen LogP contribution in [0, 0.1) is 34.5 Å². The highest BCUT2D eigenvalue weighted by atomic mass is 15.4. The molecule has 1 aliphatic rings. The Labute approximate surface area is 113 Å². The lowest BCUT2D eigenvalue weighted by atomic mass is 9.89. The minimum absolute atomic E-state index is 0. The molecule has 0 unspecified atom stereocenters. The average molecular weight is 254 g/mol. The molecule has 0 bridgehead atoms. The summed E-state index contributed by atoms with van der Waals surface area (Å²) in [4.78, 5) is 0. The van der Waals surface area contributed by atoms with E-state index in [0.29, 0.717) is 11.8 Å². The van der Waals surface area contributed by atoms with Crippen LogP contribution in [0.2, 0.25) is 0 Å². The van der Waals surface area contributed by atoms with Crippen LogP contribution in [0.1, 0.15) is 61.8 Å². The number of nitrogens with zero attached hydrogens (tertiary/aromatic N) is 4. The lowest BCUT2D eigenvalue weighted by Crippen LogP contribution is -2.25. The summed E-state index contributed by atoms with van der Waals surface area (Å²) in [5.74, 6) is 2.88. The molecule has 0 atom stereocenters. The molecule has 18 heavy (non-hydrogen) atoms. The van der Waals surface area contributed by atoms with Crippen molar-refractivity contribution >= 4 is 0 Å². The van der Waals surface area contributed by atoms with Gasteiger partial charge in [0.25, 0.3) is 0 Å². The van der Waals surface area contributed by atoms with Gasteiger partial charge in [-0.15, -0.1) is 0 Å². The van der Waals surface area contributed by atoms with Gasteiger partial charge in [-0.05, 0) is 18.3 Å². The van der Waals surface area contributed by atoms with Crippen molar-refractivity contribution in [1.29, 1.82) is 10.8 Å². The van der Waals surface area contributed by atoms with Gasteiger partial charge in [-0.1, -0.05) is 55.4 Å². The van der Waals surface area contributed by atoms with Crippen molar-refractivity contribution in [3.05, 3.63) is 0 Å². The average Bonchev–Trinajstić information content (AvgIpc) is 2.99. The van der Waals surface area contributed by atoms with Crippen LogP contribution in [0.25, 0.3) is 0 Å². The Kier molecular flexibility index (Phi) is 9.70. The third kappa shape index (κ3) is 7.37. The fourth-order valence-electron chi connectivity index (χ4n) is 2.13. The minimum atomic E-state index is 0. The first-order valence-electron chi connectivity index (χ1n) is 6.86. The highest BCUT2D eigenvalue weighted by molar-refractivity contribution is 4.98. The Hall–Kier alpha value is -0.980. The Bertz CT molecular complexity index is 230. The van der Waals surface area contributed by atoms with Crippen molar-refractivity contribution in [2.24, 2.45) is 33.9 Å². The summed E-state index contributed by atoms with van der Waals surface area (Å²) in [5.41, 5.74) is 0. The maximum Gasteiger partial charge on any atom is 0.195 e. The monoisotopic (exact) mass is 254 g/mol. The summed E-state index contributed by atoms with van der Waals surface area (Å²) in [6.07, 6.45) is 1.36. The molecule has 0 N–H and O–H groups in total. The van der Waals surface area contributed by atoms with Gasteiger partial charge in [-0.3, -0.25) is 0 Å². The van der Waals surface area contributed by atoms with Crippen LogP contribution in [0.15, 0.2) is 10.2 Å². The van der Waals surface area contributed by atoms with E-state index in [2.05, 4.69) is 65.6 Å². The zero-order chi connectivity index (χ0) is 14.9. The van der Waals surface area contributed by atoms with Gasteiger partial charge < -0.3 is 0 Å². The standard InChI is InChI=1S/C7H14N2.C7H16.N2/c1-5(2)7(6(3)4)8-9-7;1-6(2)5-7(3)4;1-2/h5-6H,1-4H3;6-7H,5H2,1-4H3;. The van der Waals surface area contributed by atoms with E-state index >= 15 is 0 Å². The quantitative estimate of drug-likeness (QED) is 0.648. The lowest BCUT2D eigenvalue weighted by Gasteiger charge is -2.17. The second kappa shape index (κ2) is 9.02. The fourth-order valence-corrected chi connectivity index (χ4v) is 2.13. The van der Waals surface area contributed by atoms with E-state index in [0.717, 1.165) is 11.8 Å². The molecule has 106 valence electrons. The molecule has 1 heterocycles. The maximum absolute atomic E-state index is 6.00. The molecular formula is C14H30N4. The number of hydrogen-bond acceptors (Lipinski definition) is 4. The number of hydrogen-bond donors (Lipinski definition) is 0. The van der Waals surface area contributed by atoms with Gasteiger partial charge in [-0.2, -0.15) is 10.2 Å². The molecule has 0 saturated heterocycles. The largest absolute Gasteiger partial charge is 0.195 e. The van der Waals surface area contributed by atoms with Gasteiger partial charge in [-0.25, -0.2) is 0 Å². The topological polar surface area (TPSA) is 72.3 Å². The summed E-state index contributed by atoms with van der Waals surface area (Å²) in [7, 11) is 0. The first-order valence-corrected chi connectivity index (χ1v) is 6.86. The van der Waals surface area contributed by atoms with Crippen molar-refractivity contribution in [2.45, 2.75) is 67.5 Å². The smallest absolute Gasteiger partial charge is 0.158 e. The molecule has 0 radical (unpaired) electrons. The summed E-state index contributed by atoms with van der Waals surface area (Å²) in [6, 6.07) is 0. The normalized spacial score (nSPS) is 15.2. The molecule has 0 aromatic rings. The molecule has 1 rings (SSSR count). The molecule has 0 spiro atoms. The molecular weight excluding hydrogens is 224 g/mol. The van der Waals surface area contributed by atoms with Gasteiger partial charge in [0.05, 0.1) is 0 Å². The van der Waals surface area contributed by atoms with Gasteiger partial charge >= 0.3 is 0 Å². The van der Waals surface area contributed by atoms with Gasteiger partial charge in [0.1, 0.15) is 0 Å². The summed E-state index contributed by atoms with van der Waals surface area (Å²) in [6.45, 7) is 17.7. The molecule has 0 amide bonds. The van der Waals surface area contributed by atoms with Crippen molar-refractivity contribution in [3.63, 3.8) is 0 Å². The van der Waals surface area contributed by atoms with Gasteiger partial charge in [0.15, 0.2) is 5.66 Å². The minimum Gasteiger partial charge on any atom is -0.158 e. The molecule has 4 nitrogen and oxygen atoms in total. The first kappa shape index (κ1) is 19.4. The van der Waals surface area contributed by atoms with Gasteiger partial charge in [0.2, 0.25) is 0 Å². The number of rotatable bonds is 4. The SMILES string of the molecule is CC(C)C1(C(C)C)N=N1.CC(C)CC(C)C.N#N. The Morgan fingerprint density at radius 1 is 0.722 bits per heavy atom. The molecule has 0 aromatic heterocycles. The van der Waals surface area contributed by atoms with E-state index in [1.54, 1.807) is 0 Å². The van der Waals surface area contributed by atoms with Crippen molar-refractivity contribution in [3.8, 4) is 0 Å². The van der Waals surface area contributed by atoms with E-state index in [1.165, 1.54) is 6.42 Å². The van der Waals surface area contributed by atoms with Crippen molar-refractivity contribution < 1.29 is 0 Å². The van der Waals surface area contributed by atoms with Crippen LogP contribution in [0.5, 0.6) is 0 Å². The predicted molar refractivity (Wildman–Crippen MR) is 75.0 cm³/mol. The van der Waals surface area contributed by atoms with E-state index < -0.39 is 0 Å². The van der Waals surface area contributed by atoms with E-state index in [-0.39, 0.29) is 5.66 Å². The summed E-state index contributed by atoms with van der Waals surface area (Å²) in [5, 5.41) is 20.1. The Morgan fingerprint density at radius 3 is 1.00 bits per heavy atom. The van der Waals surface area contributed by atoms with Crippen LogP contribution < -0.4 is 0 Å². The zero-order valence-corrected chi connectivity index (χ0v) is 13.3. The van der Waals surface area contributed by atoms with Gasteiger partial charge in [0, 0.05) is 22.6 Å². The molecule has 0 aliphatic carbocycles. The lowest BCUT2D eigenvalue weighted by molar-refractivity contribution is 0.330. The first-order chi connectivity index (χ1) is 8.22. The second-order valence-corrected chi connectivity index (χ2v) is 6.32. The van der Waals surface area contributed by atoms with Crippen LogP contribution >= 0.6 is 0 Å². The van der Waals surface area contributed by atoms with Crippen molar-refractivity contribution in [1.82, 2.24) is 0 Å². The van der Waals surface area contributed by atoms with Crippen LogP contribution in [0.3, 0.4) is 0 Å². The van der Waals surface area contributed by atoms with Crippen LogP contribution in [-0.4, -0.2) is 5.66 Å². The van der Waals surface area contributed by atoms with E-state index in [1.807, 2.05) is 0 Å². The molecule has 0 fully saturated rings. The zero-order valence-electron chi connectivity index (χ0n) is 13.3. The highest BCUT2D eigenvalue weighted by Gasteiger charge is 2.46. The summed E-state index contributed by atoms with van der Waals surface area (Å²) < 4.78 is 0. The second-order valence-electron chi connectivity index (χ2n) is 6.32. The Balaban J connectivity index is 0. The van der Waals surface area contributed by atoms with E-state index in [4.69, 9.17) is 10.8 Å². The van der Waals surface area contributed by atoms with Crippen LogP contribution in [-0.2, 0) is 0 Å². The van der Waals surface area contributed by atoms with E-state index in [9.17, 15) is 0 Å². The predicted octanol–water partition coefficient (Wildman–Crippen LogP) is 5.18. The third-order valence-corrected chi connectivity index (χ3v) is 2.97. The Morgan fingerprint density at radius 2 is 1.00 bits per heavy atom. The molecule has 1 aliphatic heterocycles. The molecule has 0 saturated carbocycles. The fraction of sp³-hybridized carbons (Fsp3) is 1.00. The summed E-state index contributed by atoms with van der Waals surface area (Å²) >= 11 is 0.